The van der Waals surface area contributed by atoms with Gasteiger partial charge in [0.25, 0.3) is 0 Å². The molecule has 1 heterocycles. The van der Waals surface area contributed by atoms with Crippen LogP contribution < -0.4 is 5.32 Å². The standard InChI is InChI=1S/C18H28N2O2/c1-13(2)17-15(10-11-22-17)12-19-16(18(21)20(3)4)14-8-6-5-7-9-14/h5-9,13,15-17,19H,10-12H2,1-4H3/t15-,16+,17-/m1/s1. The van der Waals surface area contributed by atoms with Gasteiger partial charge in [-0.1, -0.05) is 44.2 Å². The zero-order valence-corrected chi connectivity index (χ0v) is 14.1. The number of carbonyl (C=O) groups excluding carboxylic acids is 1. The Bertz CT molecular complexity index is 473. The van der Waals surface area contributed by atoms with Gasteiger partial charge in [0.2, 0.25) is 5.91 Å². The SMILES string of the molecule is CC(C)[C@H]1OCC[C@@H]1CN[C@H](C(=O)N(C)C)c1ccccc1. The summed E-state index contributed by atoms with van der Waals surface area (Å²) in [5.41, 5.74) is 1.02. The molecule has 3 atom stereocenters. The van der Waals surface area contributed by atoms with Crippen LogP contribution >= 0.6 is 0 Å². The summed E-state index contributed by atoms with van der Waals surface area (Å²) in [6.45, 7) is 6.03. The topological polar surface area (TPSA) is 41.6 Å². The van der Waals surface area contributed by atoms with E-state index in [0.29, 0.717) is 17.9 Å². The smallest absolute Gasteiger partial charge is 0.243 e. The average Bonchev–Trinajstić information content (AvgIpc) is 2.97. The third-order valence-electron chi connectivity index (χ3n) is 4.33. The Hall–Kier alpha value is -1.39. The molecule has 1 aromatic rings. The van der Waals surface area contributed by atoms with Crippen LogP contribution in [0.5, 0.6) is 0 Å². The van der Waals surface area contributed by atoms with Gasteiger partial charge in [0, 0.05) is 33.2 Å². The number of hydrogen-bond acceptors (Lipinski definition) is 3. The van der Waals surface area contributed by atoms with Crippen molar-refractivity contribution in [3.63, 3.8) is 0 Å². The molecule has 122 valence electrons. The van der Waals surface area contributed by atoms with Crippen LogP contribution in [0.3, 0.4) is 0 Å². The number of amides is 1. The zero-order valence-electron chi connectivity index (χ0n) is 14.1. The predicted molar refractivity (Wildman–Crippen MR) is 88.6 cm³/mol. The number of ether oxygens (including phenoxy) is 1. The third kappa shape index (κ3) is 4.08. The molecule has 2 rings (SSSR count). The molecule has 1 fully saturated rings. The molecule has 0 radical (unpaired) electrons. The molecule has 0 aromatic heterocycles. The van der Waals surface area contributed by atoms with Gasteiger partial charge in [-0.3, -0.25) is 4.79 Å². The minimum Gasteiger partial charge on any atom is -0.378 e. The second-order valence-electron chi connectivity index (χ2n) is 6.61. The van der Waals surface area contributed by atoms with Crippen molar-refractivity contribution in [2.75, 3.05) is 27.2 Å². The zero-order chi connectivity index (χ0) is 16.1. The molecule has 0 spiro atoms. The summed E-state index contributed by atoms with van der Waals surface area (Å²) in [4.78, 5) is 14.1. The quantitative estimate of drug-likeness (QED) is 0.878. The summed E-state index contributed by atoms with van der Waals surface area (Å²) in [6.07, 6.45) is 1.35. The number of nitrogens with one attached hydrogen (secondary N) is 1. The lowest BCUT2D eigenvalue weighted by atomic mass is 9.92. The highest BCUT2D eigenvalue weighted by Crippen LogP contribution is 2.27. The number of likely N-dealkylation sites (N-methyl/N-ethyl adjacent to an activating group) is 1. The molecule has 1 aliphatic rings. The van der Waals surface area contributed by atoms with Crippen molar-refractivity contribution in [1.29, 1.82) is 0 Å². The first-order valence-electron chi connectivity index (χ1n) is 8.11. The van der Waals surface area contributed by atoms with Gasteiger partial charge in [-0.25, -0.2) is 0 Å². The molecule has 4 heteroatoms. The highest BCUT2D eigenvalue weighted by molar-refractivity contribution is 5.82. The van der Waals surface area contributed by atoms with Crippen molar-refractivity contribution in [2.24, 2.45) is 11.8 Å². The van der Waals surface area contributed by atoms with Crippen LogP contribution in [0.25, 0.3) is 0 Å². The minimum atomic E-state index is -0.287. The second kappa shape index (κ2) is 7.75. The van der Waals surface area contributed by atoms with E-state index in [0.717, 1.165) is 25.1 Å². The first kappa shape index (κ1) is 17.0. The van der Waals surface area contributed by atoms with E-state index in [4.69, 9.17) is 4.74 Å². The van der Waals surface area contributed by atoms with Crippen molar-refractivity contribution in [1.82, 2.24) is 10.2 Å². The maximum atomic E-state index is 12.5. The molecule has 0 bridgehead atoms. The molecule has 1 aromatic carbocycles. The Labute approximate surface area is 133 Å². The van der Waals surface area contributed by atoms with E-state index in [2.05, 4.69) is 19.2 Å². The third-order valence-corrected chi connectivity index (χ3v) is 4.33. The lowest BCUT2D eigenvalue weighted by Crippen LogP contribution is -2.40. The summed E-state index contributed by atoms with van der Waals surface area (Å²) in [6, 6.07) is 9.64. The summed E-state index contributed by atoms with van der Waals surface area (Å²) < 4.78 is 5.84. The first-order valence-corrected chi connectivity index (χ1v) is 8.11. The normalized spacial score (nSPS) is 22.8. The summed E-state index contributed by atoms with van der Waals surface area (Å²) in [7, 11) is 3.60. The summed E-state index contributed by atoms with van der Waals surface area (Å²) in [5, 5.41) is 3.47. The van der Waals surface area contributed by atoms with Gasteiger partial charge in [0.05, 0.1) is 6.10 Å². The monoisotopic (exact) mass is 304 g/mol. The second-order valence-corrected chi connectivity index (χ2v) is 6.61. The van der Waals surface area contributed by atoms with Gasteiger partial charge in [0.1, 0.15) is 6.04 Å². The molecule has 1 N–H and O–H groups in total. The highest BCUT2D eigenvalue weighted by Gasteiger charge is 2.32. The fraction of sp³-hybridized carbons (Fsp3) is 0.611. The Kier molecular flexibility index (Phi) is 5.98. The number of carbonyl (C=O) groups is 1. The first-order chi connectivity index (χ1) is 10.5. The number of hydrogen-bond donors (Lipinski definition) is 1. The Morgan fingerprint density at radius 1 is 1.32 bits per heavy atom. The molecule has 0 unspecified atom stereocenters. The fourth-order valence-corrected chi connectivity index (χ4v) is 3.13. The van der Waals surface area contributed by atoms with Gasteiger partial charge >= 0.3 is 0 Å². The largest absolute Gasteiger partial charge is 0.378 e. The number of benzene rings is 1. The van der Waals surface area contributed by atoms with Gasteiger partial charge in [0.15, 0.2) is 0 Å². The summed E-state index contributed by atoms with van der Waals surface area (Å²) in [5.74, 6) is 1.07. The van der Waals surface area contributed by atoms with Crippen LogP contribution in [0, 0.1) is 11.8 Å². The highest BCUT2D eigenvalue weighted by atomic mass is 16.5. The van der Waals surface area contributed by atoms with Crippen molar-refractivity contribution in [2.45, 2.75) is 32.4 Å². The van der Waals surface area contributed by atoms with Gasteiger partial charge in [-0.05, 0) is 17.9 Å². The van der Waals surface area contributed by atoms with Crippen LogP contribution in [0.4, 0.5) is 0 Å². The van der Waals surface area contributed by atoms with E-state index >= 15 is 0 Å². The molecule has 1 saturated heterocycles. The molecule has 1 amide bonds. The minimum absolute atomic E-state index is 0.0891. The maximum absolute atomic E-state index is 12.5. The van der Waals surface area contributed by atoms with E-state index in [9.17, 15) is 4.79 Å². The van der Waals surface area contributed by atoms with Gasteiger partial charge in [-0.2, -0.15) is 0 Å². The lowest BCUT2D eigenvalue weighted by molar-refractivity contribution is -0.131. The van der Waals surface area contributed by atoms with Gasteiger partial charge < -0.3 is 15.0 Å². The fourth-order valence-electron chi connectivity index (χ4n) is 3.13. The number of nitrogens with zero attached hydrogens (tertiary/aromatic N) is 1. The van der Waals surface area contributed by atoms with Crippen LogP contribution in [0.15, 0.2) is 30.3 Å². The van der Waals surface area contributed by atoms with Crippen LogP contribution in [0.2, 0.25) is 0 Å². The van der Waals surface area contributed by atoms with E-state index in [1.54, 1.807) is 19.0 Å². The average molecular weight is 304 g/mol. The van der Waals surface area contributed by atoms with E-state index in [-0.39, 0.29) is 11.9 Å². The van der Waals surface area contributed by atoms with Crippen molar-refractivity contribution in [3.8, 4) is 0 Å². The predicted octanol–water partition coefficient (Wildman–Crippen LogP) is 2.47. The molecule has 4 nitrogen and oxygen atoms in total. The van der Waals surface area contributed by atoms with Crippen molar-refractivity contribution >= 4 is 5.91 Å². The lowest BCUT2D eigenvalue weighted by Gasteiger charge is -2.26. The van der Waals surface area contributed by atoms with Crippen LogP contribution in [-0.2, 0) is 9.53 Å². The van der Waals surface area contributed by atoms with E-state index < -0.39 is 0 Å². The molecular weight excluding hydrogens is 276 g/mol. The molecule has 22 heavy (non-hydrogen) atoms. The van der Waals surface area contributed by atoms with Crippen molar-refractivity contribution in [3.05, 3.63) is 35.9 Å². The van der Waals surface area contributed by atoms with Crippen molar-refractivity contribution < 1.29 is 9.53 Å². The van der Waals surface area contributed by atoms with E-state index in [1.807, 2.05) is 30.3 Å². The Balaban J connectivity index is 2.06. The van der Waals surface area contributed by atoms with Crippen LogP contribution in [-0.4, -0.2) is 44.2 Å². The molecular formula is C18H28N2O2. The number of rotatable bonds is 6. The molecule has 1 aliphatic heterocycles. The maximum Gasteiger partial charge on any atom is 0.243 e. The Morgan fingerprint density at radius 2 is 2.00 bits per heavy atom. The molecule has 0 aliphatic carbocycles. The summed E-state index contributed by atoms with van der Waals surface area (Å²) >= 11 is 0. The van der Waals surface area contributed by atoms with Gasteiger partial charge in [-0.15, -0.1) is 0 Å². The van der Waals surface area contributed by atoms with E-state index in [1.165, 1.54) is 0 Å². The Morgan fingerprint density at radius 3 is 2.59 bits per heavy atom. The molecule has 0 saturated carbocycles. The van der Waals surface area contributed by atoms with Crippen LogP contribution in [0.1, 0.15) is 31.9 Å².